The molecule has 0 bridgehead atoms. The van der Waals surface area contributed by atoms with Gasteiger partial charge in [0.2, 0.25) is 0 Å². The molecule has 2 heterocycles. The first-order chi connectivity index (χ1) is 11.4. The zero-order chi connectivity index (χ0) is 19.0. The molecule has 1 aromatic rings. The van der Waals surface area contributed by atoms with Crippen LogP contribution >= 0.6 is 15.6 Å². The van der Waals surface area contributed by atoms with Crippen LogP contribution in [0.2, 0.25) is 0 Å². The third-order valence-corrected chi connectivity index (χ3v) is 5.08. The highest BCUT2D eigenvalue weighted by Crippen LogP contribution is 2.57. The number of ether oxygens (including phenoxy) is 1. The topological polar surface area (TPSA) is 231 Å². The molecule has 1 aliphatic heterocycles. The van der Waals surface area contributed by atoms with Crippen molar-refractivity contribution in [3.05, 3.63) is 27.0 Å². The number of nitrogens with zero attached hydrogens (tertiary/aromatic N) is 2. The van der Waals surface area contributed by atoms with E-state index >= 15 is 0 Å². The van der Waals surface area contributed by atoms with Crippen LogP contribution in [0.3, 0.4) is 0 Å². The number of nitrogens with one attached hydrogen (secondary N) is 1. The molecule has 0 amide bonds. The molecule has 25 heavy (non-hydrogen) atoms. The van der Waals surface area contributed by atoms with Crippen molar-refractivity contribution in [2.24, 2.45) is 0 Å². The molecule has 2 rings (SSSR count). The molecule has 1 aromatic heterocycles. The summed E-state index contributed by atoms with van der Waals surface area (Å²) in [6, 6.07) is 0. The van der Waals surface area contributed by atoms with Gasteiger partial charge in [0.1, 0.15) is 24.5 Å². The number of H-pyrrole nitrogens is 1. The maximum atomic E-state index is 11.6. The van der Waals surface area contributed by atoms with Crippen LogP contribution < -0.4 is 11.2 Å². The summed E-state index contributed by atoms with van der Waals surface area (Å²) < 4.78 is 35.3. The molecule has 6 N–H and O–H groups in total. The Labute approximate surface area is 137 Å². The number of hydrogen-bond acceptors (Lipinski definition) is 10. The van der Waals surface area contributed by atoms with Crippen molar-refractivity contribution in [3.63, 3.8) is 0 Å². The summed E-state index contributed by atoms with van der Waals surface area (Å²) in [5, 5.41) is 23.1. The van der Waals surface area contributed by atoms with E-state index in [9.17, 15) is 28.9 Å². The zero-order valence-corrected chi connectivity index (χ0v) is 13.8. The predicted molar refractivity (Wildman–Crippen MR) is 73.9 cm³/mol. The summed E-state index contributed by atoms with van der Waals surface area (Å²) in [6.07, 6.45) is -5.79. The molecule has 17 heteroatoms. The van der Waals surface area contributed by atoms with Crippen molar-refractivity contribution in [2.45, 2.75) is 24.5 Å². The lowest BCUT2D eigenvalue weighted by molar-refractivity contribution is -0.0610. The molecule has 1 aliphatic rings. The Hall–Kier alpha value is -1.25. The summed E-state index contributed by atoms with van der Waals surface area (Å²) in [5.41, 5.74) is -1.87. The molecule has 0 spiro atoms. The van der Waals surface area contributed by atoms with Gasteiger partial charge in [-0.05, 0) is 0 Å². The Balaban J connectivity index is 2.09. The molecule has 0 aromatic carbocycles. The Kier molecular flexibility index (Phi) is 5.75. The average molecular weight is 405 g/mol. The molecule has 5 atom stereocenters. The van der Waals surface area contributed by atoms with Gasteiger partial charge in [-0.3, -0.25) is 14.3 Å². The van der Waals surface area contributed by atoms with E-state index in [1.165, 1.54) is 0 Å². The van der Waals surface area contributed by atoms with Crippen LogP contribution in [0, 0.1) is 0 Å². The highest BCUT2D eigenvalue weighted by molar-refractivity contribution is 7.60. The maximum Gasteiger partial charge on any atom is 0.481 e. The van der Waals surface area contributed by atoms with Gasteiger partial charge in [-0.15, -0.1) is 0 Å². The first-order valence-corrected chi connectivity index (χ1v) is 9.36. The highest BCUT2D eigenvalue weighted by Gasteiger charge is 2.46. The fraction of sp³-hybridized carbons (Fsp3) is 0.625. The van der Waals surface area contributed by atoms with E-state index in [2.05, 4.69) is 13.9 Å². The van der Waals surface area contributed by atoms with Gasteiger partial charge in [-0.25, -0.2) is 13.9 Å². The number of aromatic amines is 1. The van der Waals surface area contributed by atoms with Crippen molar-refractivity contribution >= 4 is 15.6 Å². The molecule has 0 radical (unpaired) electrons. The van der Waals surface area contributed by atoms with Gasteiger partial charge < -0.3 is 29.6 Å². The number of phosphoric acid groups is 2. The SMILES string of the molecule is O=c1cnn(C2OC(COP(=O)(O)OP(=O)(O)O)C(O)C2O)c(=O)[nH]1. The highest BCUT2D eigenvalue weighted by atomic mass is 31.3. The first kappa shape index (κ1) is 20.1. The van der Waals surface area contributed by atoms with E-state index in [1.54, 1.807) is 0 Å². The Bertz CT molecular complexity index is 830. The van der Waals surface area contributed by atoms with Crippen LogP contribution in [-0.4, -0.2) is 64.6 Å². The Morgan fingerprint density at radius 1 is 1.24 bits per heavy atom. The Morgan fingerprint density at radius 3 is 2.44 bits per heavy atom. The van der Waals surface area contributed by atoms with Crippen LogP contribution in [0.15, 0.2) is 15.8 Å². The number of phosphoric ester groups is 1. The van der Waals surface area contributed by atoms with Gasteiger partial charge in [0.15, 0.2) is 6.23 Å². The van der Waals surface area contributed by atoms with Gasteiger partial charge in [-0.1, -0.05) is 0 Å². The third kappa shape index (κ3) is 5.12. The number of aliphatic hydroxyl groups excluding tert-OH is 2. The maximum absolute atomic E-state index is 11.6. The van der Waals surface area contributed by atoms with Crippen molar-refractivity contribution in [2.75, 3.05) is 6.61 Å². The molecular formula is C8H13N3O12P2. The molecular weight excluding hydrogens is 392 g/mol. The second kappa shape index (κ2) is 7.17. The van der Waals surface area contributed by atoms with Gasteiger partial charge in [0.25, 0.3) is 5.56 Å². The van der Waals surface area contributed by atoms with Gasteiger partial charge in [0, 0.05) is 0 Å². The predicted octanol–water partition coefficient (Wildman–Crippen LogP) is -3.22. The number of rotatable bonds is 6. The number of aromatic nitrogens is 3. The lowest BCUT2D eigenvalue weighted by Crippen LogP contribution is -2.39. The quantitative estimate of drug-likeness (QED) is 0.256. The monoisotopic (exact) mass is 405 g/mol. The van der Waals surface area contributed by atoms with E-state index in [0.717, 1.165) is 0 Å². The largest absolute Gasteiger partial charge is 0.481 e. The summed E-state index contributed by atoms with van der Waals surface area (Å²) in [6.45, 7) is -0.930. The molecule has 1 saturated heterocycles. The third-order valence-electron chi connectivity index (χ3n) is 2.93. The van der Waals surface area contributed by atoms with Crippen LogP contribution in [-0.2, 0) is 22.7 Å². The van der Waals surface area contributed by atoms with Crippen molar-refractivity contribution < 1.29 is 47.6 Å². The lowest BCUT2D eigenvalue weighted by Gasteiger charge is -2.17. The fourth-order valence-electron chi connectivity index (χ4n) is 1.94. The van der Waals surface area contributed by atoms with Crippen molar-refractivity contribution in [1.29, 1.82) is 0 Å². The van der Waals surface area contributed by atoms with Crippen molar-refractivity contribution in [3.8, 4) is 0 Å². The summed E-state index contributed by atoms with van der Waals surface area (Å²) in [4.78, 5) is 50.5. The molecule has 0 aliphatic carbocycles. The lowest BCUT2D eigenvalue weighted by atomic mass is 10.1. The molecule has 142 valence electrons. The van der Waals surface area contributed by atoms with Crippen molar-refractivity contribution in [1.82, 2.24) is 14.8 Å². The van der Waals surface area contributed by atoms with Gasteiger partial charge in [0.05, 0.1) is 6.61 Å². The van der Waals surface area contributed by atoms with E-state index in [4.69, 9.17) is 19.4 Å². The zero-order valence-electron chi connectivity index (χ0n) is 12.0. The second-order valence-electron chi connectivity index (χ2n) is 4.77. The minimum absolute atomic E-state index is 0.514. The van der Waals surface area contributed by atoms with Crippen LogP contribution in [0.25, 0.3) is 0 Å². The smallest absolute Gasteiger partial charge is 0.387 e. The molecule has 1 fully saturated rings. The Morgan fingerprint density at radius 2 is 1.88 bits per heavy atom. The van der Waals surface area contributed by atoms with Crippen LogP contribution in [0.1, 0.15) is 6.23 Å². The van der Waals surface area contributed by atoms with Crippen LogP contribution in [0.5, 0.6) is 0 Å². The standard InChI is InChI=1S/C8H13N3O12P2/c12-4-1-9-11(8(15)10-4)7-6(14)5(13)3(22-7)2-21-25(19,20)23-24(16,17)18/h1,3,5-7,13-14H,2H2,(H,19,20)(H,10,12,15)(H2,16,17,18). The summed E-state index contributed by atoms with van der Waals surface area (Å²) in [5.74, 6) is 0. The van der Waals surface area contributed by atoms with E-state index in [0.29, 0.717) is 10.9 Å². The number of aliphatic hydroxyl groups is 2. The van der Waals surface area contributed by atoms with E-state index in [1.807, 2.05) is 4.98 Å². The average Bonchev–Trinajstić information content (AvgIpc) is 2.71. The minimum atomic E-state index is -5.33. The minimum Gasteiger partial charge on any atom is -0.387 e. The first-order valence-electron chi connectivity index (χ1n) is 6.33. The fourth-order valence-corrected chi connectivity index (χ4v) is 3.54. The van der Waals surface area contributed by atoms with E-state index < -0.39 is 58.0 Å². The van der Waals surface area contributed by atoms with E-state index in [-0.39, 0.29) is 0 Å². The molecule has 0 saturated carbocycles. The van der Waals surface area contributed by atoms with Gasteiger partial charge in [-0.2, -0.15) is 14.1 Å². The molecule has 5 unspecified atom stereocenters. The molecule has 15 nitrogen and oxygen atoms in total. The van der Waals surface area contributed by atoms with Crippen LogP contribution in [0.4, 0.5) is 0 Å². The number of hydrogen-bond donors (Lipinski definition) is 6. The normalized spacial score (nSPS) is 29.5. The van der Waals surface area contributed by atoms with Gasteiger partial charge >= 0.3 is 21.3 Å². The summed E-state index contributed by atoms with van der Waals surface area (Å²) in [7, 11) is -10.5. The summed E-state index contributed by atoms with van der Waals surface area (Å²) >= 11 is 0. The second-order valence-corrected chi connectivity index (χ2v) is 7.60.